The first-order chi connectivity index (χ1) is 7.40. The number of hydrogen-bond acceptors (Lipinski definition) is 4. The smallest absolute Gasteiger partial charge is 0.149 e. The molecule has 0 bridgehead atoms. The van der Waals surface area contributed by atoms with Crippen molar-refractivity contribution < 1.29 is 12.8 Å². The van der Waals surface area contributed by atoms with Crippen LogP contribution in [0.25, 0.3) is 0 Å². The number of nitrogens with zero attached hydrogens (tertiary/aromatic N) is 1. The van der Waals surface area contributed by atoms with Crippen molar-refractivity contribution in [2.45, 2.75) is 0 Å². The molecule has 86 valence electrons. The molecule has 1 aromatic rings. The van der Waals surface area contributed by atoms with Crippen LogP contribution in [0.4, 0.5) is 10.1 Å². The summed E-state index contributed by atoms with van der Waals surface area (Å²) in [5.41, 5.74) is 0.599. The highest BCUT2D eigenvalue weighted by Gasteiger charge is 2.03. The molecule has 0 fully saturated rings. The van der Waals surface area contributed by atoms with E-state index in [1.54, 1.807) is 0 Å². The summed E-state index contributed by atoms with van der Waals surface area (Å²) < 4.78 is 34.7. The topological polar surface area (TPSA) is 70.0 Å². The standard InChI is InChI=1S/C10H11FN2O2S/c1-16(14,15)3-2-13-10-5-8(7-12)4-9(11)6-10/h4-6,13H,2-3H2,1H3. The van der Waals surface area contributed by atoms with Gasteiger partial charge in [-0.1, -0.05) is 0 Å². The summed E-state index contributed by atoms with van der Waals surface area (Å²) in [6.45, 7) is 0.188. The number of benzene rings is 1. The molecule has 16 heavy (non-hydrogen) atoms. The zero-order chi connectivity index (χ0) is 12.2. The molecule has 0 heterocycles. The second kappa shape index (κ2) is 4.94. The van der Waals surface area contributed by atoms with Gasteiger partial charge >= 0.3 is 0 Å². The van der Waals surface area contributed by atoms with Gasteiger partial charge in [0.15, 0.2) is 0 Å². The highest BCUT2D eigenvalue weighted by Crippen LogP contribution is 2.12. The Morgan fingerprint density at radius 3 is 2.69 bits per heavy atom. The summed E-state index contributed by atoms with van der Waals surface area (Å²) in [7, 11) is -3.04. The molecule has 0 aliphatic rings. The van der Waals surface area contributed by atoms with Crippen LogP contribution in [0.15, 0.2) is 18.2 Å². The first-order valence-electron chi connectivity index (χ1n) is 4.53. The molecule has 1 aromatic carbocycles. The third kappa shape index (κ3) is 4.28. The van der Waals surface area contributed by atoms with E-state index in [0.717, 1.165) is 12.3 Å². The molecule has 0 saturated heterocycles. The quantitative estimate of drug-likeness (QED) is 0.860. The van der Waals surface area contributed by atoms with Crippen molar-refractivity contribution in [3.63, 3.8) is 0 Å². The lowest BCUT2D eigenvalue weighted by atomic mass is 10.2. The number of rotatable bonds is 4. The largest absolute Gasteiger partial charge is 0.384 e. The summed E-state index contributed by atoms with van der Waals surface area (Å²) >= 11 is 0. The Labute approximate surface area is 93.6 Å². The molecule has 4 nitrogen and oxygen atoms in total. The zero-order valence-corrected chi connectivity index (χ0v) is 9.51. The van der Waals surface area contributed by atoms with Gasteiger partial charge in [-0.2, -0.15) is 5.26 Å². The molecular formula is C10H11FN2O2S. The summed E-state index contributed by atoms with van der Waals surface area (Å²) in [6.07, 6.45) is 1.13. The van der Waals surface area contributed by atoms with Gasteiger partial charge in [-0.15, -0.1) is 0 Å². The number of nitrogens with one attached hydrogen (secondary N) is 1. The van der Waals surface area contributed by atoms with Gasteiger partial charge in [-0.25, -0.2) is 12.8 Å². The lowest BCUT2D eigenvalue weighted by molar-refractivity contribution is 0.602. The molecule has 0 unspecified atom stereocenters. The van der Waals surface area contributed by atoms with Crippen LogP contribution in [0.2, 0.25) is 0 Å². The minimum absolute atomic E-state index is 0.0363. The lowest BCUT2D eigenvalue weighted by Crippen LogP contribution is -2.14. The Morgan fingerprint density at radius 2 is 2.12 bits per heavy atom. The summed E-state index contributed by atoms with van der Waals surface area (Å²) in [4.78, 5) is 0. The Hall–Kier alpha value is -1.61. The fourth-order valence-electron chi connectivity index (χ4n) is 1.14. The summed E-state index contributed by atoms with van der Waals surface area (Å²) in [5, 5.41) is 11.3. The number of hydrogen-bond donors (Lipinski definition) is 1. The Balaban J connectivity index is 2.68. The monoisotopic (exact) mass is 242 g/mol. The van der Waals surface area contributed by atoms with Crippen molar-refractivity contribution in [3.8, 4) is 6.07 Å². The molecule has 1 rings (SSSR count). The van der Waals surface area contributed by atoms with Gasteiger partial charge in [0.2, 0.25) is 0 Å². The average Bonchev–Trinajstić information content (AvgIpc) is 2.14. The van der Waals surface area contributed by atoms with E-state index >= 15 is 0 Å². The van der Waals surface area contributed by atoms with Gasteiger partial charge in [-0.3, -0.25) is 0 Å². The predicted molar refractivity (Wildman–Crippen MR) is 59.3 cm³/mol. The summed E-state index contributed by atoms with van der Waals surface area (Å²) in [5.74, 6) is -0.563. The maximum Gasteiger partial charge on any atom is 0.149 e. The van der Waals surface area contributed by atoms with E-state index in [1.807, 2.05) is 6.07 Å². The highest BCUT2D eigenvalue weighted by molar-refractivity contribution is 7.90. The minimum atomic E-state index is -3.04. The first-order valence-corrected chi connectivity index (χ1v) is 6.59. The Kier molecular flexibility index (Phi) is 3.85. The van der Waals surface area contributed by atoms with Crippen LogP contribution < -0.4 is 5.32 Å². The maximum absolute atomic E-state index is 13.0. The molecule has 0 radical (unpaired) electrons. The van der Waals surface area contributed by atoms with E-state index in [1.165, 1.54) is 12.1 Å². The van der Waals surface area contributed by atoms with Crippen molar-refractivity contribution in [2.24, 2.45) is 0 Å². The molecule has 6 heteroatoms. The average molecular weight is 242 g/mol. The van der Waals surface area contributed by atoms with E-state index in [9.17, 15) is 12.8 Å². The Morgan fingerprint density at radius 1 is 1.44 bits per heavy atom. The normalized spacial score (nSPS) is 10.8. The third-order valence-corrected chi connectivity index (χ3v) is 2.77. The molecule has 0 aliphatic heterocycles. The van der Waals surface area contributed by atoms with Crippen LogP contribution in [0, 0.1) is 17.1 Å². The van der Waals surface area contributed by atoms with Crippen molar-refractivity contribution in [1.82, 2.24) is 0 Å². The predicted octanol–water partition coefficient (Wildman–Crippen LogP) is 1.15. The maximum atomic E-state index is 13.0. The van der Waals surface area contributed by atoms with Gasteiger partial charge < -0.3 is 5.32 Å². The van der Waals surface area contributed by atoms with E-state index in [0.29, 0.717) is 5.69 Å². The fourth-order valence-corrected chi connectivity index (χ4v) is 1.61. The molecule has 0 aliphatic carbocycles. The minimum Gasteiger partial charge on any atom is -0.384 e. The van der Waals surface area contributed by atoms with Gasteiger partial charge in [0.25, 0.3) is 0 Å². The van der Waals surface area contributed by atoms with Crippen LogP contribution in [0.1, 0.15) is 5.56 Å². The molecule has 0 aromatic heterocycles. The van der Waals surface area contributed by atoms with Crippen LogP contribution >= 0.6 is 0 Å². The third-order valence-electron chi connectivity index (χ3n) is 1.83. The first kappa shape index (κ1) is 12.5. The molecule has 0 atom stereocenters. The Bertz CT molecular complexity index is 520. The van der Waals surface area contributed by atoms with Gasteiger partial charge in [-0.05, 0) is 18.2 Å². The molecule has 0 amide bonds. The van der Waals surface area contributed by atoms with Crippen molar-refractivity contribution >= 4 is 15.5 Å². The van der Waals surface area contributed by atoms with E-state index in [4.69, 9.17) is 5.26 Å². The van der Waals surface area contributed by atoms with Gasteiger partial charge in [0.05, 0.1) is 17.4 Å². The van der Waals surface area contributed by atoms with E-state index < -0.39 is 15.7 Å². The summed E-state index contributed by atoms with van der Waals surface area (Å²) in [6, 6.07) is 5.60. The van der Waals surface area contributed by atoms with E-state index in [2.05, 4.69) is 5.32 Å². The second-order valence-corrected chi connectivity index (χ2v) is 5.66. The molecule has 1 N–H and O–H groups in total. The van der Waals surface area contributed by atoms with Crippen LogP contribution in [-0.2, 0) is 9.84 Å². The zero-order valence-electron chi connectivity index (χ0n) is 8.70. The fraction of sp³-hybridized carbons (Fsp3) is 0.300. The number of halogens is 1. The van der Waals surface area contributed by atoms with Crippen LogP contribution in [-0.4, -0.2) is 27.0 Å². The molecule has 0 spiro atoms. The SMILES string of the molecule is CS(=O)(=O)CCNc1cc(F)cc(C#N)c1. The molecular weight excluding hydrogens is 231 g/mol. The highest BCUT2D eigenvalue weighted by atomic mass is 32.2. The van der Waals surface area contributed by atoms with Crippen molar-refractivity contribution in [3.05, 3.63) is 29.6 Å². The van der Waals surface area contributed by atoms with Crippen molar-refractivity contribution in [2.75, 3.05) is 23.9 Å². The second-order valence-electron chi connectivity index (χ2n) is 3.40. The number of anilines is 1. The van der Waals surface area contributed by atoms with Gasteiger partial charge in [0, 0.05) is 18.5 Å². The van der Waals surface area contributed by atoms with Gasteiger partial charge in [0.1, 0.15) is 15.7 Å². The lowest BCUT2D eigenvalue weighted by Gasteiger charge is -2.05. The van der Waals surface area contributed by atoms with Crippen LogP contribution in [0.3, 0.4) is 0 Å². The molecule has 0 saturated carbocycles. The van der Waals surface area contributed by atoms with Crippen molar-refractivity contribution in [1.29, 1.82) is 5.26 Å². The van der Waals surface area contributed by atoms with Crippen LogP contribution in [0.5, 0.6) is 0 Å². The number of sulfone groups is 1. The number of nitriles is 1. The van der Waals surface area contributed by atoms with E-state index in [-0.39, 0.29) is 17.9 Å².